The largest absolute Gasteiger partial charge is 0.488 e. The predicted molar refractivity (Wildman–Crippen MR) is 134 cm³/mol. The van der Waals surface area contributed by atoms with Gasteiger partial charge in [-0.1, -0.05) is 48.7 Å². The Morgan fingerprint density at radius 2 is 1.74 bits per heavy atom. The molecule has 0 N–H and O–H groups in total. The van der Waals surface area contributed by atoms with Crippen LogP contribution in [0.25, 0.3) is 22.1 Å². The second-order valence-electron chi connectivity index (χ2n) is 8.03. The van der Waals surface area contributed by atoms with Crippen molar-refractivity contribution in [2.45, 2.75) is 26.4 Å². The molecule has 0 fully saturated rings. The molecule has 34 heavy (non-hydrogen) atoms. The Hall–Kier alpha value is -3.15. The first-order valence-electron chi connectivity index (χ1n) is 11.1. The highest BCUT2D eigenvalue weighted by atomic mass is 35.5. The zero-order chi connectivity index (χ0) is 23.7. The van der Waals surface area contributed by atoms with Gasteiger partial charge in [0.15, 0.2) is 11.5 Å². The molecular weight excluding hydrogens is 475 g/mol. The van der Waals surface area contributed by atoms with Crippen molar-refractivity contribution in [1.29, 1.82) is 0 Å². The molecule has 5 nitrogen and oxygen atoms in total. The zero-order valence-electron chi connectivity index (χ0n) is 18.5. The average molecular weight is 497 g/mol. The Labute approximate surface area is 206 Å². The van der Waals surface area contributed by atoms with Gasteiger partial charge in [-0.25, -0.2) is 0 Å². The van der Waals surface area contributed by atoms with Crippen molar-refractivity contribution in [2.24, 2.45) is 0 Å². The summed E-state index contributed by atoms with van der Waals surface area (Å²) in [6, 6.07) is 14.4. The van der Waals surface area contributed by atoms with Gasteiger partial charge in [0, 0.05) is 21.7 Å². The second-order valence-corrected chi connectivity index (χ2v) is 8.85. The maximum Gasteiger partial charge on any atom is 0.200 e. The van der Waals surface area contributed by atoms with E-state index in [1.165, 1.54) is 6.26 Å². The zero-order valence-corrected chi connectivity index (χ0v) is 20.0. The topological polar surface area (TPSA) is 57.9 Å². The minimum atomic E-state index is -0.115. The van der Waals surface area contributed by atoms with Gasteiger partial charge < -0.3 is 18.6 Å². The summed E-state index contributed by atoms with van der Waals surface area (Å²) in [6.07, 6.45) is 3.11. The lowest BCUT2D eigenvalue weighted by Gasteiger charge is -2.18. The molecule has 0 amide bonds. The molecule has 0 unspecified atom stereocenters. The molecule has 1 aliphatic rings. The molecule has 2 heterocycles. The molecule has 0 saturated carbocycles. The normalized spacial score (nSPS) is 12.7. The molecule has 0 atom stereocenters. The molecule has 0 radical (unpaired) electrons. The van der Waals surface area contributed by atoms with Gasteiger partial charge in [0.25, 0.3) is 0 Å². The number of aryl methyl sites for hydroxylation is 1. The smallest absolute Gasteiger partial charge is 0.200 e. The van der Waals surface area contributed by atoms with Crippen LogP contribution in [0.5, 0.6) is 17.2 Å². The highest BCUT2D eigenvalue weighted by molar-refractivity contribution is 6.35. The van der Waals surface area contributed by atoms with Crippen LogP contribution < -0.4 is 19.6 Å². The Kier molecular flexibility index (Phi) is 6.40. The number of halogens is 2. The van der Waals surface area contributed by atoms with Crippen molar-refractivity contribution < 1.29 is 18.6 Å². The number of rotatable bonds is 6. The average Bonchev–Trinajstić information content (AvgIpc) is 2.84. The van der Waals surface area contributed by atoms with Crippen LogP contribution in [0.1, 0.15) is 24.5 Å². The lowest BCUT2D eigenvalue weighted by Crippen LogP contribution is -2.15. The van der Waals surface area contributed by atoms with E-state index in [4.69, 9.17) is 41.8 Å². The first kappa shape index (κ1) is 22.6. The van der Waals surface area contributed by atoms with Gasteiger partial charge in [-0.15, -0.1) is 0 Å². The van der Waals surface area contributed by atoms with Crippen LogP contribution in [0.2, 0.25) is 10.0 Å². The summed E-state index contributed by atoms with van der Waals surface area (Å²) < 4.78 is 23.2. The fourth-order valence-electron chi connectivity index (χ4n) is 4.03. The van der Waals surface area contributed by atoms with Crippen LogP contribution in [-0.4, -0.2) is 13.2 Å². The van der Waals surface area contributed by atoms with E-state index >= 15 is 0 Å². The van der Waals surface area contributed by atoms with Crippen LogP contribution in [0.4, 0.5) is 0 Å². The summed E-state index contributed by atoms with van der Waals surface area (Å²) in [5.41, 5.74) is 3.14. The van der Waals surface area contributed by atoms with Crippen molar-refractivity contribution in [1.82, 2.24) is 0 Å². The third-order valence-electron chi connectivity index (χ3n) is 5.76. The quantitative estimate of drug-likeness (QED) is 0.285. The highest BCUT2D eigenvalue weighted by Crippen LogP contribution is 2.35. The number of hydrogen-bond donors (Lipinski definition) is 0. The van der Waals surface area contributed by atoms with E-state index < -0.39 is 0 Å². The Morgan fingerprint density at radius 3 is 2.50 bits per heavy atom. The molecule has 1 aromatic heterocycles. The maximum absolute atomic E-state index is 13.4. The summed E-state index contributed by atoms with van der Waals surface area (Å²) in [5.74, 6) is 1.93. The Morgan fingerprint density at radius 1 is 0.971 bits per heavy atom. The van der Waals surface area contributed by atoms with Crippen molar-refractivity contribution in [2.75, 3.05) is 13.2 Å². The molecule has 0 spiro atoms. The lowest BCUT2D eigenvalue weighted by atomic mass is 10.0. The summed E-state index contributed by atoms with van der Waals surface area (Å²) in [6.45, 7) is 3.27. The third kappa shape index (κ3) is 4.33. The Bertz CT molecular complexity index is 1410. The van der Waals surface area contributed by atoms with Gasteiger partial charge >= 0.3 is 0 Å². The minimum absolute atomic E-state index is 0.115. The van der Waals surface area contributed by atoms with Crippen LogP contribution in [-0.2, 0) is 13.0 Å². The number of hydrogen-bond acceptors (Lipinski definition) is 5. The van der Waals surface area contributed by atoms with Gasteiger partial charge in [-0.05, 0) is 47.9 Å². The van der Waals surface area contributed by atoms with E-state index in [0.717, 1.165) is 18.4 Å². The maximum atomic E-state index is 13.4. The van der Waals surface area contributed by atoms with E-state index in [2.05, 4.69) is 6.92 Å². The van der Waals surface area contributed by atoms with E-state index in [9.17, 15) is 4.79 Å². The molecular formula is C27H22Cl2O5. The van der Waals surface area contributed by atoms with Crippen LogP contribution in [0.15, 0.2) is 64.0 Å². The minimum Gasteiger partial charge on any atom is -0.488 e. The van der Waals surface area contributed by atoms with Crippen molar-refractivity contribution in [3.8, 4) is 28.4 Å². The summed E-state index contributed by atoms with van der Waals surface area (Å²) in [5, 5.41) is 1.58. The van der Waals surface area contributed by atoms with E-state index in [0.29, 0.717) is 68.2 Å². The van der Waals surface area contributed by atoms with Crippen molar-refractivity contribution >= 4 is 34.2 Å². The van der Waals surface area contributed by atoms with E-state index in [1.807, 2.05) is 24.3 Å². The number of ether oxygens (including phenoxy) is 3. The van der Waals surface area contributed by atoms with Crippen molar-refractivity contribution in [3.05, 3.63) is 86.2 Å². The van der Waals surface area contributed by atoms with Crippen LogP contribution >= 0.6 is 23.2 Å². The fraction of sp³-hybridized carbons (Fsp3) is 0.222. The second kappa shape index (κ2) is 9.61. The van der Waals surface area contributed by atoms with Gasteiger partial charge in [-0.2, -0.15) is 0 Å². The summed E-state index contributed by atoms with van der Waals surface area (Å²) in [4.78, 5) is 13.4. The van der Waals surface area contributed by atoms with Crippen molar-refractivity contribution in [3.63, 3.8) is 0 Å². The molecule has 0 saturated heterocycles. The molecule has 5 rings (SSSR count). The molecule has 4 aromatic rings. The van der Waals surface area contributed by atoms with Gasteiger partial charge in [-0.3, -0.25) is 4.79 Å². The predicted octanol–water partition coefficient (Wildman–Crippen LogP) is 7.07. The standard InChI is InChI=1S/C27H22Cl2O5/c1-2-4-17-11-18-25(13-24(17)33-15-20-21(28)5-3-6-22(20)29)34-14-19(27(18)30)16-7-8-23-26(12-16)32-10-9-31-23/h3,5-8,11-14H,2,4,9-10,15H2,1H3. The molecule has 174 valence electrons. The van der Waals surface area contributed by atoms with Crippen LogP contribution in [0.3, 0.4) is 0 Å². The SMILES string of the molecule is CCCc1cc2c(=O)c(-c3ccc4c(c3)OCCO4)coc2cc1OCc1c(Cl)cccc1Cl. The van der Waals surface area contributed by atoms with Gasteiger partial charge in [0.2, 0.25) is 5.43 Å². The summed E-state index contributed by atoms with van der Waals surface area (Å²) in [7, 11) is 0. The first-order chi connectivity index (χ1) is 16.5. The fourth-order valence-corrected chi connectivity index (χ4v) is 4.54. The van der Waals surface area contributed by atoms with Gasteiger partial charge in [0.05, 0.1) is 10.9 Å². The molecule has 3 aromatic carbocycles. The molecule has 1 aliphatic heterocycles. The first-order valence-corrected chi connectivity index (χ1v) is 11.8. The lowest BCUT2D eigenvalue weighted by molar-refractivity contribution is 0.171. The highest BCUT2D eigenvalue weighted by Gasteiger charge is 2.17. The summed E-state index contributed by atoms with van der Waals surface area (Å²) >= 11 is 12.6. The van der Waals surface area contributed by atoms with E-state index in [-0.39, 0.29) is 12.0 Å². The van der Waals surface area contributed by atoms with Gasteiger partial charge in [0.1, 0.15) is 37.4 Å². The monoisotopic (exact) mass is 496 g/mol. The number of benzene rings is 3. The third-order valence-corrected chi connectivity index (χ3v) is 6.47. The molecule has 7 heteroatoms. The molecule has 0 bridgehead atoms. The molecule has 0 aliphatic carbocycles. The number of fused-ring (bicyclic) bond motifs is 2. The van der Waals surface area contributed by atoms with Crippen LogP contribution in [0, 0.1) is 0 Å². The Balaban J connectivity index is 1.53. The van der Waals surface area contributed by atoms with E-state index in [1.54, 1.807) is 24.3 Å².